The molecular formula is C6H6N4O. The van der Waals surface area contributed by atoms with Gasteiger partial charge in [0.25, 0.3) is 0 Å². The largest absolute Gasteiger partial charge is 0.400 e. The Morgan fingerprint density at radius 2 is 1.73 bits per heavy atom. The molecule has 56 valence electrons. The molecule has 0 aromatic rings. The van der Waals surface area contributed by atoms with E-state index in [0.29, 0.717) is 0 Å². The van der Waals surface area contributed by atoms with E-state index >= 15 is 0 Å². The Bertz CT molecular complexity index is 262. The fourth-order valence-electron chi connectivity index (χ4n) is 0.445. The summed E-state index contributed by atoms with van der Waals surface area (Å²) in [6, 6.07) is 3.09. The van der Waals surface area contributed by atoms with Crippen LogP contribution in [0.3, 0.4) is 0 Å². The number of rotatable bonds is 2. The monoisotopic (exact) mass is 150 g/mol. The summed E-state index contributed by atoms with van der Waals surface area (Å²) in [5.41, 5.74) is 9.60. The van der Waals surface area contributed by atoms with Gasteiger partial charge in [0, 0.05) is 5.70 Å². The van der Waals surface area contributed by atoms with Gasteiger partial charge in [-0.05, 0) is 0 Å². The first kappa shape index (κ1) is 8.99. The predicted molar refractivity (Wildman–Crippen MR) is 36.3 cm³/mol. The molecule has 0 bridgehead atoms. The minimum absolute atomic E-state index is 0.0810. The smallest absolute Gasteiger partial charge is 0.223 e. The number of nitrogens with zero attached hydrogens (tertiary/aromatic N) is 2. The van der Waals surface area contributed by atoms with Crippen LogP contribution in [-0.2, 0) is 4.79 Å². The fourth-order valence-corrected chi connectivity index (χ4v) is 0.445. The van der Waals surface area contributed by atoms with E-state index in [1.54, 1.807) is 12.1 Å². The Kier molecular flexibility index (Phi) is 3.20. The molecule has 0 rings (SSSR count). The highest BCUT2D eigenvalue weighted by Gasteiger charge is 2.03. The summed E-state index contributed by atoms with van der Waals surface area (Å²) in [5.74, 6) is -0.662. The van der Waals surface area contributed by atoms with Gasteiger partial charge in [0.1, 0.15) is 17.7 Å². The summed E-state index contributed by atoms with van der Waals surface area (Å²) in [6.07, 6.45) is -0.254. The van der Waals surface area contributed by atoms with Crippen LogP contribution in [0.15, 0.2) is 11.3 Å². The lowest BCUT2D eigenvalue weighted by molar-refractivity contribution is -0.117. The SMILES string of the molecule is N#CC(C#N)=C(N)CC(N)=O. The van der Waals surface area contributed by atoms with Crippen LogP contribution in [0.2, 0.25) is 0 Å². The van der Waals surface area contributed by atoms with Crippen molar-refractivity contribution in [3.8, 4) is 12.1 Å². The zero-order chi connectivity index (χ0) is 8.85. The number of amides is 1. The molecule has 0 spiro atoms. The molecule has 0 radical (unpaired) electrons. The number of nitrogens with two attached hydrogens (primary N) is 2. The summed E-state index contributed by atoms with van der Waals surface area (Å²) in [7, 11) is 0. The van der Waals surface area contributed by atoms with E-state index in [-0.39, 0.29) is 17.7 Å². The van der Waals surface area contributed by atoms with Gasteiger partial charge in [-0.3, -0.25) is 4.79 Å². The average Bonchev–Trinajstić information content (AvgIpc) is 1.88. The molecule has 0 atom stereocenters. The van der Waals surface area contributed by atoms with Crippen molar-refractivity contribution in [3.63, 3.8) is 0 Å². The molecule has 0 saturated carbocycles. The predicted octanol–water partition coefficient (Wildman–Crippen LogP) is -0.878. The van der Waals surface area contributed by atoms with Crippen molar-refractivity contribution >= 4 is 5.91 Å². The van der Waals surface area contributed by atoms with Gasteiger partial charge in [0.15, 0.2) is 0 Å². The van der Waals surface area contributed by atoms with Crippen LogP contribution in [0.25, 0.3) is 0 Å². The van der Waals surface area contributed by atoms with Crippen LogP contribution in [-0.4, -0.2) is 5.91 Å². The van der Waals surface area contributed by atoms with Crippen molar-refractivity contribution in [1.29, 1.82) is 10.5 Å². The third-order valence-corrected chi connectivity index (χ3v) is 0.909. The van der Waals surface area contributed by atoms with Crippen molar-refractivity contribution < 1.29 is 4.79 Å². The Hall–Kier alpha value is -2.01. The van der Waals surface area contributed by atoms with Crippen LogP contribution in [0.1, 0.15) is 6.42 Å². The molecule has 5 heteroatoms. The molecule has 5 nitrogen and oxygen atoms in total. The third kappa shape index (κ3) is 2.87. The Labute approximate surface area is 63.5 Å². The average molecular weight is 150 g/mol. The standard InChI is InChI=1S/C6H6N4O/c7-2-4(3-8)5(9)1-6(10)11/h1,9H2,(H2,10,11). The normalized spacial score (nSPS) is 7.45. The summed E-state index contributed by atoms with van der Waals surface area (Å²) in [6.45, 7) is 0. The van der Waals surface area contributed by atoms with Crippen molar-refractivity contribution in [1.82, 2.24) is 0 Å². The molecule has 11 heavy (non-hydrogen) atoms. The van der Waals surface area contributed by atoms with E-state index in [0.717, 1.165) is 0 Å². The van der Waals surface area contributed by atoms with Crippen molar-refractivity contribution in [2.24, 2.45) is 11.5 Å². The molecule has 0 saturated heterocycles. The van der Waals surface area contributed by atoms with Gasteiger partial charge in [0.2, 0.25) is 5.91 Å². The molecule has 0 aliphatic heterocycles. The second kappa shape index (κ2) is 3.91. The molecule has 0 fully saturated rings. The number of primary amides is 1. The van der Waals surface area contributed by atoms with Crippen LogP contribution < -0.4 is 11.5 Å². The lowest BCUT2D eigenvalue weighted by Crippen LogP contribution is -2.15. The Balaban J connectivity index is 4.56. The van der Waals surface area contributed by atoms with Gasteiger partial charge < -0.3 is 11.5 Å². The molecule has 0 aromatic carbocycles. The van der Waals surface area contributed by atoms with Gasteiger partial charge in [-0.25, -0.2) is 0 Å². The maximum absolute atomic E-state index is 10.2. The summed E-state index contributed by atoms with van der Waals surface area (Å²) in [5, 5.41) is 16.5. The molecule has 0 unspecified atom stereocenters. The first-order valence-corrected chi connectivity index (χ1v) is 2.69. The van der Waals surface area contributed by atoms with E-state index in [9.17, 15) is 4.79 Å². The Morgan fingerprint density at radius 3 is 2.00 bits per heavy atom. The van der Waals surface area contributed by atoms with Gasteiger partial charge in [-0.1, -0.05) is 0 Å². The quantitative estimate of drug-likeness (QED) is 0.497. The summed E-state index contributed by atoms with van der Waals surface area (Å²) in [4.78, 5) is 10.2. The van der Waals surface area contributed by atoms with Gasteiger partial charge in [0.05, 0.1) is 6.42 Å². The number of carbonyl (C=O) groups excluding carboxylic acids is 1. The molecule has 1 amide bonds. The topological polar surface area (TPSA) is 117 Å². The number of allylic oxidation sites excluding steroid dienone is 1. The highest BCUT2D eigenvalue weighted by Crippen LogP contribution is 1.99. The van der Waals surface area contributed by atoms with Gasteiger partial charge in [-0.15, -0.1) is 0 Å². The van der Waals surface area contributed by atoms with E-state index < -0.39 is 5.91 Å². The van der Waals surface area contributed by atoms with Crippen molar-refractivity contribution in [3.05, 3.63) is 11.3 Å². The lowest BCUT2D eigenvalue weighted by atomic mass is 10.2. The number of hydrogen-bond acceptors (Lipinski definition) is 4. The highest BCUT2D eigenvalue weighted by atomic mass is 16.1. The van der Waals surface area contributed by atoms with Crippen LogP contribution in [0.5, 0.6) is 0 Å². The number of nitriles is 2. The van der Waals surface area contributed by atoms with E-state index in [1.807, 2.05) is 0 Å². The second-order valence-corrected chi connectivity index (χ2v) is 1.77. The maximum atomic E-state index is 10.2. The molecule has 4 N–H and O–H groups in total. The van der Waals surface area contributed by atoms with Crippen LogP contribution in [0.4, 0.5) is 0 Å². The summed E-state index contributed by atoms with van der Waals surface area (Å²) < 4.78 is 0. The molecule has 0 heterocycles. The first-order valence-electron chi connectivity index (χ1n) is 2.69. The zero-order valence-corrected chi connectivity index (χ0v) is 5.66. The third-order valence-electron chi connectivity index (χ3n) is 0.909. The summed E-state index contributed by atoms with van der Waals surface area (Å²) >= 11 is 0. The molecule has 0 aromatic heterocycles. The molecular weight excluding hydrogens is 144 g/mol. The maximum Gasteiger partial charge on any atom is 0.223 e. The van der Waals surface area contributed by atoms with E-state index in [2.05, 4.69) is 0 Å². The van der Waals surface area contributed by atoms with Gasteiger partial charge in [-0.2, -0.15) is 10.5 Å². The minimum atomic E-state index is -0.662. The zero-order valence-electron chi connectivity index (χ0n) is 5.66. The lowest BCUT2D eigenvalue weighted by Gasteiger charge is -1.94. The Morgan fingerprint density at radius 1 is 1.27 bits per heavy atom. The number of carbonyl (C=O) groups is 1. The molecule has 0 aliphatic carbocycles. The van der Waals surface area contributed by atoms with Crippen molar-refractivity contribution in [2.75, 3.05) is 0 Å². The van der Waals surface area contributed by atoms with E-state index in [1.165, 1.54) is 0 Å². The van der Waals surface area contributed by atoms with Crippen LogP contribution >= 0.6 is 0 Å². The second-order valence-electron chi connectivity index (χ2n) is 1.77. The number of hydrogen-bond donors (Lipinski definition) is 2. The van der Waals surface area contributed by atoms with Crippen LogP contribution in [0, 0.1) is 22.7 Å². The minimum Gasteiger partial charge on any atom is -0.400 e. The molecule has 0 aliphatic rings. The first-order chi connectivity index (χ1) is 5.11. The fraction of sp³-hybridized carbons (Fsp3) is 0.167. The van der Waals surface area contributed by atoms with Gasteiger partial charge >= 0.3 is 0 Å². The highest BCUT2D eigenvalue weighted by molar-refractivity contribution is 5.77. The van der Waals surface area contributed by atoms with E-state index in [4.69, 9.17) is 22.0 Å². The van der Waals surface area contributed by atoms with Crippen molar-refractivity contribution in [2.45, 2.75) is 6.42 Å².